The second-order valence-corrected chi connectivity index (χ2v) is 5.44. The van der Waals surface area contributed by atoms with Crippen molar-refractivity contribution in [3.05, 3.63) is 63.9 Å². The maximum absolute atomic E-state index is 13.0. The van der Waals surface area contributed by atoms with Crippen molar-refractivity contribution in [2.45, 2.75) is 25.5 Å². The first kappa shape index (κ1) is 13.4. The quantitative estimate of drug-likeness (QED) is 0.927. The van der Waals surface area contributed by atoms with Crippen molar-refractivity contribution in [2.24, 2.45) is 5.73 Å². The molecule has 0 aromatic heterocycles. The van der Waals surface area contributed by atoms with Gasteiger partial charge in [0.2, 0.25) is 0 Å². The first-order valence-corrected chi connectivity index (χ1v) is 6.96. The molecule has 0 spiro atoms. The van der Waals surface area contributed by atoms with Crippen LogP contribution in [0.1, 0.15) is 29.2 Å². The molecule has 0 saturated carbocycles. The molecule has 0 bridgehead atoms. The minimum absolute atomic E-state index is 0.144. The van der Waals surface area contributed by atoms with Crippen LogP contribution in [0.15, 0.2) is 36.4 Å². The molecule has 2 N–H and O–H groups in total. The highest BCUT2D eigenvalue weighted by molar-refractivity contribution is 6.31. The van der Waals surface area contributed by atoms with Gasteiger partial charge in [-0.05, 0) is 48.2 Å². The summed E-state index contributed by atoms with van der Waals surface area (Å²) >= 11 is 5.97. The summed E-state index contributed by atoms with van der Waals surface area (Å²) in [6, 6.07) is 10.4. The van der Waals surface area contributed by atoms with Crippen molar-refractivity contribution >= 4 is 11.6 Å². The van der Waals surface area contributed by atoms with Gasteiger partial charge in [0.1, 0.15) is 18.2 Å². The van der Waals surface area contributed by atoms with Gasteiger partial charge in [-0.2, -0.15) is 0 Å². The zero-order chi connectivity index (χ0) is 14.1. The average Bonchev–Trinajstić information content (AvgIpc) is 2.79. The Hall–Kier alpha value is -1.58. The van der Waals surface area contributed by atoms with Crippen LogP contribution in [0.5, 0.6) is 5.75 Å². The Morgan fingerprint density at radius 3 is 2.90 bits per heavy atom. The molecule has 0 aliphatic heterocycles. The number of nitrogens with two attached hydrogens (primary N) is 1. The Morgan fingerprint density at radius 2 is 2.10 bits per heavy atom. The third-order valence-electron chi connectivity index (χ3n) is 3.65. The van der Waals surface area contributed by atoms with E-state index >= 15 is 0 Å². The Kier molecular flexibility index (Phi) is 3.64. The molecule has 2 aromatic carbocycles. The second kappa shape index (κ2) is 5.43. The van der Waals surface area contributed by atoms with E-state index in [0.29, 0.717) is 11.6 Å². The maximum Gasteiger partial charge on any atom is 0.124 e. The van der Waals surface area contributed by atoms with Crippen molar-refractivity contribution in [2.75, 3.05) is 0 Å². The summed E-state index contributed by atoms with van der Waals surface area (Å²) in [7, 11) is 0. The largest absolute Gasteiger partial charge is 0.489 e. The van der Waals surface area contributed by atoms with E-state index in [1.54, 1.807) is 6.07 Å². The third kappa shape index (κ3) is 2.65. The molecule has 0 radical (unpaired) electrons. The van der Waals surface area contributed by atoms with Gasteiger partial charge in [-0.25, -0.2) is 4.39 Å². The van der Waals surface area contributed by atoms with E-state index in [0.717, 1.165) is 24.2 Å². The van der Waals surface area contributed by atoms with Crippen molar-refractivity contribution in [3.63, 3.8) is 0 Å². The number of ether oxygens (including phenoxy) is 1. The summed E-state index contributed by atoms with van der Waals surface area (Å²) in [5.41, 5.74) is 9.23. The van der Waals surface area contributed by atoms with E-state index in [-0.39, 0.29) is 11.9 Å². The molecular weight excluding hydrogens is 277 g/mol. The fourth-order valence-corrected chi connectivity index (χ4v) is 2.74. The maximum atomic E-state index is 13.0. The summed E-state index contributed by atoms with van der Waals surface area (Å²) in [6.45, 7) is 0.323. The van der Waals surface area contributed by atoms with E-state index in [2.05, 4.69) is 0 Å². The molecule has 3 rings (SSSR count). The molecule has 0 unspecified atom stereocenters. The molecule has 2 nitrogen and oxygen atoms in total. The molecular formula is C16H15ClFNO. The van der Waals surface area contributed by atoms with E-state index in [1.165, 1.54) is 23.3 Å². The normalized spacial score (nSPS) is 17.1. The topological polar surface area (TPSA) is 35.2 Å². The van der Waals surface area contributed by atoms with Gasteiger partial charge >= 0.3 is 0 Å². The summed E-state index contributed by atoms with van der Waals surface area (Å²) in [4.78, 5) is 0. The monoisotopic (exact) mass is 291 g/mol. The number of hydrogen-bond donors (Lipinski definition) is 1. The van der Waals surface area contributed by atoms with Crippen LogP contribution in [0.2, 0.25) is 5.02 Å². The minimum Gasteiger partial charge on any atom is -0.489 e. The zero-order valence-corrected chi connectivity index (χ0v) is 11.7. The van der Waals surface area contributed by atoms with Gasteiger partial charge in [0.05, 0.1) is 5.02 Å². The standard InChI is InChI=1S/C16H15ClFNO/c17-15-8-12(18)3-1-11(15)9-20-13-4-5-14-10(7-13)2-6-16(14)19/h1,3-5,7-8,16H,2,6,9,19H2/t16-/m0/s1. The predicted molar refractivity (Wildman–Crippen MR) is 77.4 cm³/mol. The Labute approximate surface area is 122 Å². The van der Waals surface area contributed by atoms with E-state index < -0.39 is 0 Å². The van der Waals surface area contributed by atoms with Gasteiger partial charge in [-0.1, -0.05) is 23.7 Å². The SMILES string of the molecule is N[C@H]1CCc2cc(OCc3ccc(F)cc3Cl)ccc21. The smallest absolute Gasteiger partial charge is 0.124 e. The van der Waals surface area contributed by atoms with Gasteiger partial charge in [0.15, 0.2) is 0 Å². The van der Waals surface area contributed by atoms with Gasteiger partial charge < -0.3 is 10.5 Å². The van der Waals surface area contributed by atoms with E-state index in [4.69, 9.17) is 22.1 Å². The zero-order valence-electron chi connectivity index (χ0n) is 10.9. The molecule has 1 aliphatic rings. The summed E-state index contributed by atoms with van der Waals surface area (Å²) in [5.74, 6) is 0.448. The van der Waals surface area contributed by atoms with Crippen molar-refractivity contribution in [3.8, 4) is 5.75 Å². The molecule has 1 atom stereocenters. The van der Waals surface area contributed by atoms with E-state index in [9.17, 15) is 4.39 Å². The van der Waals surface area contributed by atoms with Crippen LogP contribution >= 0.6 is 11.6 Å². The highest BCUT2D eigenvalue weighted by Gasteiger charge is 2.19. The van der Waals surface area contributed by atoms with Crippen LogP contribution in [-0.2, 0) is 13.0 Å². The van der Waals surface area contributed by atoms with Gasteiger partial charge in [0, 0.05) is 11.6 Å². The number of benzene rings is 2. The van der Waals surface area contributed by atoms with Crippen LogP contribution in [0.4, 0.5) is 4.39 Å². The lowest BCUT2D eigenvalue weighted by molar-refractivity contribution is 0.306. The van der Waals surface area contributed by atoms with Gasteiger partial charge in [-0.3, -0.25) is 0 Å². The van der Waals surface area contributed by atoms with E-state index in [1.807, 2.05) is 18.2 Å². The molecule has 2 aromatic rings. The van der Waals surface area contributed by atoms with Crippen LogP contribution in [0.25, 0.3) is 0 Å². The minimum atomic E-state index is -0.342. The lowest BCUT2D eigenvalue weighted by Crippen LogP contribution is -2.05. The number of rotatable bonds is 3. The lowest BCUT2D eigenvalue weighted by Gasteiger charge is -2.10. The number of halogens is 2. The Morgan fingerprint density at radius 1 is 1.25 bits per heavy atom. The molecule has 0 saturated heterocycles. The number of aryl methyl sites for hydroxylation is 1. The van der Waals surface area contributed by atoms with Crippen molar-refractivity contribution in [1.29, 1.82) is 0 Å². The first-order chi connectivity index (χ1) is 9.63. The van der Waals surface area contributed by atoms with Crippen LogP contribution in [0.3, 0.4) is 0 Å². The fourth-order valence-electron chi connectivity index (χ4n) is 2.52. The molecule has 0 heterocycles. The highest BCUT2D eigenvalue weighted by atomic mass is 35.5. The van der Waals surface area contributed by atoms with Gasteiger partial charge in [-0.15, -0.1) is 0 Å². The average molecular weight is 292 g/mol. The molecule has 104 valence electrons. The molecule has 1 aliphatic carbocycles. The lowest BCUT2D eigenvalue weighted by atomic mass is 10.1. The molecule has 0 fully saturated rings. The molecule has 20 heavy (non-hydrogen) atoms. The summed E-state index contributed by atoms with van der Waals surface area (Å²) < 4.78 is 18.7. The summed E-state index contributed by atoms with van der Waals surface area (Å²) in [5, 5.41) is 0.383. The third-order valence-corrected chi connectivity index (χ3v) is 4.00. The van der Waals surface area contributed by atoms with Crippen molar-refractivity contribution in [1.82, 2.24) is 0 Å². The van der Waals surface area contributed by atoms with Crippen LogP contribution in [-0.4, -0.2) is 0 Å². The van der Waals surface area contributed by atoms with Crippen molar-refractivity contribution < 1.29 is 9.13 Å². The highest BCUT2D eigenvalue weighted by Crippen LogP contribution is 2.32. The second-order valence-electron chi connectivity index (χ2n) is 5.03. The first-order valence-electron chi connectivity index (χ1n) is 6.58. The fraction of sp³-hybridized carbons (Fsp3) is 0.250. The Bertz CT molecular complexity index is 644. The number of fused-ring (bicyclic) bond motifs is 1. The van der Waals surface area contributed by atoms with Crippen LogP contribution in [0, 0.1) is 5.82 Å². The summed E-state index contributed by atoms with van der Waals surface area (Å²) in [6.07, 6.45) is 1.98. The van der Waals surface area contributed by atoms with Crippen LogP contribution < -0.4 is 10.5 Å². The molecule has 4 heteroatoms. The van der Waals surface area contributed by atoms with Gasteiger partial charge in [0.25, 0.3) is 0 Å². The predicted octanol–water partition coefficient (Wildman–Crippen LogP) is 4.00. The number of hydrogen-bond acceptors (Lipinski definition) is 2. The Balaban J connectivity index is 1.73. The molecule has 0 amide bonds.